The van der Waals surface area contributed by atoms with Gasteiger partial charge < -0.3 is 0 Å². The van der Waals surface area contributed by atoms with E-state index in [1.165, 1.54) is 84.4 Å². The summed E-state index contributed by atoms with van der Waals surface area (Å²) in [6, 6.07) is 22.5. The lowest BCUT2D eigenvalue weighted by molar-refractivity contribution is 0.169. The van der Waals surface area contributed by atoms with Crippen LogP contribution in [0.1, 0.15) is 69.4 Å². The first kappa shape index (κ1) is 18.7. The molecule has 0 aliphatic heterocycles. The fourth-order valence-corrected chi connectivity index (χ4v) is 5.99. The smallest absolute Gasteiger partial charge is 0.00574 e. The molecule has 0 amide bonds. The van der Waals surface area contributed by atoms with Crippen LogP contribution in [-0.4, -0.2) is 0 Å². The van der Waals surface area contributed by atoms with E-state index < -0.39 is 0 Å². The minimum Gasteiger partial charge on any atom is -0.0654 e. The number of rotatable bonds is 5. The fraction of sp³-hybridized carbons (Fsp3) is 0.379. The molecule has 0 spiro atoms. The van der Waals surface area contributed by atoms with Crippen molar-refractivity contribution in [3.63, 3.8) is 0 Å². The molecular weight excluding hydrogens is 348 g/mol. The van der Waals surface area contributed by atoms with Gasteiger partial charge in [0.2, 0.25) is 0 Å². The lowest BCUT2D eigenvalue weighted by Crippen LogP contribution is -2.24. The summed E-state index contributed by atoms with van der Waals surface area (Å²) in [4.78, 5) is 0. The van der Waals surface area contributed by atoms with Crippen LogP contribution < -0.4 is 0 Å². The second-order valence-corrected chi connectivity index (χ2v) is 9.41. The molecule has 3 aromatic carbocycles. The van der Waals surface area contributed by atoms with Crippen LogP contribution in [0.5, 0.6) is 0 Å². The summed E-state index contributed by atoms with van der Waals surface area (Å²) in [7, 11) is 0. The third-order valence-electron chi connectivity index (χ3n) is 7.32. The summed E-state index contributed by atoms with van der Waals surface area (Å²) >= 11 is 0. The van der Waals surface area contributed by atoms with Crippen molar-refractivity contribution in [2.45, 2.75) is 64.7 Å². The van der Waals surface area contributed by atoms with Crippen LogP contribution in [-0.2, 0) is 6.42 Å². The molecule has 29 heavy (non-hydrogen) atoms. The highest BCUT2D eigenvalue weighted by atomic mass is 14.4. The molecule has 0 bridgehead atoms. The second kappa shape index (κ2) is 7.82. The fourth-order valence-electron chi connectivity index (χ4n) is 5.99. The summed E-state index contributed by atoms with van der Waals surface area (Å²) in [6.45, 7) is 2.37. The number of allylic oxidation sites excluding steroid dienone is 1. The number of hydrogen-bond acceptors (Lipinski definition) is 0. The van der Waals surface area contributed by atoms with Crippen LogP contribution in [0.25, 0.3) is 28.0 Å². The highest BCUT2D eigenvalue weighted by Crippen LogP contribution is 2.47. The van der Waals surface area contributed by atoms with E-state index in [0.29, 0.717) is 5.41 Å². The molecule has 5 rings (SSSR count). The van der Waals surface area contributed by atoms with E-state index in [2.05, 4.69) is 73.7 Å². The van der Waals surface area contributed by atoms with E-state index in [1.54, 1.807) is 5.57 Å². The SMILES string of the molecule is CCCC1(CC2=Cc3c(cccc3-c3ccc4ccccc4c3)C2)CCCCC1. The van der Waals surface area contributed by atoms with Gasteiger partial charge in [-0.15, -0.1) is 0 Å². The Labute approximate surface area is 175 Å². The number of benzene rings is 3. The summed E-state index contributed by atoms with van der Waals surface area (Å²) in [6.07, 6.45) is 14.9. The van der Waals surface area contributed by atoms with Gasteiger partial charge in [-0.3, -0.25) is 0 Å². The van der Waals surface area contributed by atoms with Gasteiger partial charge in [-0.05, 0) is 76.6 Å². The number of fused-ring (bicyclic) bond motifs is 2. The maximum Gasteiger partial charge on any atom is -0.00574 e. The zero-order valence-corrected chi connectivity index (χ0v) is 17.7. The molecule has 0 atom stereocenters. The van der Waals surface area contributed by atoms with Crippen molar-refractivity contribution < 1.29 is 0 Å². The molecular formula is C29H32. The van der Waals surface area contributed by atoms with E-state index in [4.69, 9.17) is 0 Å². The molecule has 3 aromatic rings. The maximum atomic E-state index is 2.55. The van der Waals surface area contributed by atoms with E-state index in [9.17, 15) is 0 Å². The van der Waals surface area contributed by atoms with Crippen molar-refractivity contribution in [1.82, 2.24) is 0 Å². The standard InChI is InChI=1S/C29H32/c1-2-15-29(16-6-3-7-17-29)21-22-18-25-11-8-12-27(28(25)19-22)26-14-13-23-9-4-5-10-24(23)20-26/h4-5,8-14,19-20H,2-3,6-7,15-18,21H2,1H3. The van der Waals surface area contributed by atoms with Crippen LogP contribution >= 0.6 is 0 Å². The van der Waals surface area contributed by atoms with Gasteiger partial charge in [0, 0.05) is 0 Å². The quantitative estimate of drug-likeness (QED) is 0.416. The lowest BCUT2D eigenvalue weighted by atomic mass is 9.67. The van der Waals surface area contributed by atoms with Crippen molar-refractivity contribution in [3.05, 3.63) is 77.4 Å². The Kier molecular flexibility index (Phi) is 5.04. The van der Waals surface area contributed by atoms with Gasteiger partial charge in [0.05, 0.1) is 0 Å². The molecule has 0 heteroatoms. The molecule has 0 saturated heterocycles. The molecule has 1 fully saturated rings. The first-order chi connectivity index (χ1) is 14.3. The molecule has 0 unspecified atom stereocenters. The van der Waals surface area contributed by atoms with Crippen LogP contribution in [0, 0.1) is 5.41 Å². The maximum absolute atomic E-state index is 2.55. The third kappa shape index (κ3) is 3.66. The summed E-state index contributed by atoms with van der Waals surface area (Å²) in [5.41, 5.74) is 7.98. The van der Waals surface area contributed by atoms with Gasteiger partial charge >= 0.3 is 0 Å². The first-order valence-electron chi connectivity index (χ1n) is 11.6. The Morgan fingerprint density at radius 2 is 1.66 bits per heavy atom. The third-order valence-corrected chi connectivity index (χ3v) is 7.32. The average Bonchev–Trinajstić information content (AvgIpc) is 3.16. The van der Waals surface area contributed by atoms with Crippen molar-refractivity contribution in [2.24, 2.45) is 5.41 Å². The summed E-state index contributed by atoms with van der Waals surface area (Å²) in [5.74, 6) is 0. The predicted molar refractivity (Wildman–Crippen MR) is 126 cm³/mol. The largest absolute Gasteiger partial charge is 0.0654 e. The van der Waals surface area contributed by atoms with Gasteiger partial charge in [-0.25, -0.2) is 0 Å². The molecule has 1 saturated carbocycles. The van der Waals surface area contributed by atoms with E-state index in [-0.39, 0.29) is 0 Å². The summed E-state index contributed by atoms with van der Waals surface area (Å²) in [5, 5.41) is 2.65. The van der Waals surface area contributed by atoms with Crippen molar-refractivity contribution in [1.29, 1.82) is 0 Å². The van der Waals surface area contributed by atoms with E-state index >= 15 is 0 Å². The molecule has 0 radical (unpaired) electrons. The zero-order valence-electron chi connectivity index (χ0n) is 17.7. The predicted octanol–water partition coefficient (Wildman–Crippen LogP) is 8.59. The van der Waals surface area contributed by atoms with Crippen LogP contribution in [0.2, 0.25) is 0 Å². The van der Waals surface area contributed by atoms with Gasteiger partial charge in [0.15, 0.2) is 0 Å². The Hall–Kier alpha value is -2.34. The average molecular weight is 381 g/mol. The van der Waals surface area contributed by atoms with Gasteiger partial charge in [0.1, 0.15) is 0 Å². The molecule has 0 aromatic heterocycles. The Bertz CT molecular complexity index is 1040. The molecule has 2 aliphatic rings. The highest BCUT2D eigenvalue weighted by molar-refractivity contribution is 5.90. The molecule has 0 nitrogen and oxygen atoms in total. The Morgan fingerprint density at radius 1 is 0.828 bits per heavy atom. The van der Waals surface area contributed by atoms with Crippen LogP contribution in [0.15, 0.2) is 66.2 Å². The van der Waals surface area contributed by atoms with Gasteiger partial charge in [-0.2, -0.15) is 0 Å². The summed E-state index contributed by atoms with van der Waals surface area (Å²) < 4.78 is 0. The topological polar surface area (TPSA) is 0 Å². The molecule has 0 heterocycles. The lowest BCUT2D eigenvalue weighted by Gasteiger charge is -2.38. The normalized spacial score (nSPS) is 17.9. The minimum atomic E-state index is 0.573. The molecule has 2 aliphatic carbocycles. The van der Waals surface area contributed by atoms with Crippen molar-refractivity contribution >= 4 is 16.8 Å². The Morgan fingerprint density at radius 3 is 2.48 bits per heavy atom. The van der Waals surface area contributed by atoms with Gasteiger partial charge in [-0.1, -0.05) is 98.9 Å². The monoisotopic (exact) mass is 380 g/mol. The number of hydrogen-bond donors (Lipinski definition) is 0. The second-order valence-electron chi connectivity index (χ2n) is 9.41. The van der Waals surface area contributed by atoms with Crippen molar-refractivity contribution in [2.75, 3.05) is 0 Å². The molecule has 148 valence electrons. The minimum absolute atomic E-state index is 0.573. The first-order valence-corrected chi connectivity index (χ1v) is 11.6. The molecule has 0 N–H and O–H groups in total. The van der Waals surface area contributed by atoms with E-state index in [0.717, 1.165) is 6.42 Å². The van der Waals surface area contributed by atoms with Crippen molar-refractivity contribution in [3.8, 4) is 11.1 Å². The van der Waals surface area contributed by atoms with Gasteiger partial charge in [0.25, 0.3) is 0 Å². The Balaban J connectivity index is 1.48. The zero-order chi connectivity index (χ0) is 19.7. The van der Waals surface area contributed by atoms with Crippen LogP contribution in [0.4, 0.5) is 0 Å². The van der Waals surface area contributed by atoms with Crippen LogP contribution in [0.3, 0.4) is 0 Å². The van der Waals surface area contributed by atoms with E-state index in [1.807, 2.05) is 0 Å². The highest BCUT2D eigenvalue weighted by Gasteiger charge is 2.33.